The van der Waals surface area contributed by atoms with Gasteiger partial charge in [0.1, 0.15) is 0 Å². The number of halogens is 2. The van der Waals surface area contributed by atoms with E-state index >= 15 is 0 Å². The summed E-state index contributed by atoms with van der Waals surface area (Å²) in [7, 11) is 0. The highest BCUT2D eigenvalue weighted by molar-refractivity contribution is 5.75. The predicted octanol–water partition coefficient (Wildman–Crippen LogP) is 7.20. The highest BCUT2D eigenvalue weighted by Gasteiger charge is 2.34. The fourth-order valence-electron chi connectivity index (χ4n) is 5.20. The van der Waals surface area contributed by atoms with E-state index in [1.165, 1.54) is 56.9 Å². The van der Waals surface area contributed by atoms with Gasteiger partial charge in [-0.2, -0.15) is 8.78 Å². The molecule has 1 aromatic rings. The molecule has 166 valence electrons. The zero-order valence-corrected chi connectivity index (χ0v) is 18.2. The van der Waals surface area contributed by atoms with Crippen molar-refractivity contribution in [3.05, 3.63) is 36.1 Å². The van der Waals surface area contributed by atoms with E-state index in [2.05, 4.69) is 6.92 Å². The van der Waals surface area contributed by atoms with Gasteiger partial charge in [-0.3, -0.25) is 4.79 Å². The summed E-state index contributed by atoms with van der Waals surface area (Å²) >= 11 is 0. The van der Waals surface area contributed by atoms with Crippen molar-refractivity contribution >= 4 is 5.97 Å². The lowest BCUT2D eigenvalue weighted by atomic mass is 9.69. The second-order valence-corrected chi connectivity index (χ2v) is 8.88. The van der Waals surface area contributed by atoms with Crippen LogP contribution in [0, 0.1) is 35.3 Å². The minimum Gasteiger partial charge on any atom is -0.462 e. The van der Waals surface area contributed by atoms with E-state index in [0.29, 0.717) is 5.92 Å². The van der Waals surface area contributed by atoms with E-state index in [1.807, 2.05) is 0 Å². The predicted molar refractivity (Wildman–Crippen MR) is 113 cm³/mol. The fourth-order valence-corrected chi connectivity index (χ4v) is 5.20. The summed E-state index contributed by atoms with van der Waals surface area (Å²) in [6.45, 7) is 3.97. The Morgan fingerprint density at radius 2 is 1.53 bits per heavy atom. The van der Waals surface area contributed by atoms with Gasteiger partial charge in [0.2, 0.25) is 11.6 Å². The molecule has 0 unspecified atom stereocenters. The molecule has 0 aliphatic heterocycles. The molecule has 3 nitrogen and oxygen atoms in total. The van der Waals surface area contributed by atoms with Crippen LogP contribution in [-0.2, 0) is 4.79 Å². The minimum absolute atomic E-state index is 0.237. The summed E-state index contributed by atoms with van der Waals surface area (Å²) in [6.07, 6.45) is 14.4. The van der Waals surface area contributed by atoms with Gasteiger partial charge < -0.3 is 9.47 Å². The second-order valence-electron chi connectivity index (χ2n) is 8.88. The van der Waals surface area contributed by atoms with E-state index < -0.39 is 17.6 Å². The number of hydrogen-bond acceptors (Lipinski definition) is 3. The van der Waals surface area contributed by atoms with Crippen LogP contribution < -0.4 is 9.47 Å². The molecular weight excluding hydrogens is 386 g/mol. The van der Waals surface area contributed by atoms with Gasteiger partial charge in [-0.1, -0.05) is 38.7 Å². The smallest absolute Gasteiger partial charge is 0.314 e. The summed E-state index contributed by atoms with van der Waals surface area (Å²) in [6, 6.07) is 2.52. The van der Waals surface area contributed by atoms with Crippen molar-refractivity contribution in [1.82, 2.24) is 0 Å². The quantitative estimate of drug-likeness (QED) is 0.266. The molecule has 3 rings (SSSR count). The Morgan fingerprint density at radius 3 is 2.13 bits per heavy atom. The average molecular weight is 421 g/mol. The van der Waals surface area contributed by atoms with E-state index in [1.54, 1.807) is 13.0 Å². The first-order valence-corrected chi connectivity index (χ1v) is 11.5. The van der Waals surface area contributed by atoms with Crippen LogP contribution in [0.1, 0.15) is 78.1 Å². The number of benzene rings is 1. The molecule has 0 saturated heterocycles. The van der Waals surface area contributed by atoms with E-state index in [9.17, 15) is 13.6 Å². The third kappa shape index (κ3) is 5.61. The van der Waals surface area contributed by atoms with Crippen molar-refractivity contribution < 1.29 is 23.0 Å². The van der Waals surface area contributed by atoms with E-state index in [4.69, 9.17) is 9.47 Å². The van der Waals surface area contributed by atoms with Gasteiger partial charge in [0.25, 0.3) is 0 Å². The normalized spacial score (nSPS) is 27.2. The molecule has 0 aromatic heterocycles. The van der Waals surface area contributed by atoms with Crippen LogP contribution in [0.15, 0.2) is 24.5 Å². The number of allylic oxidation sites excluding steroid dienone is 1. The van der Waals surface area contributed by atoms with Crippen LogP contribution in [0.4, 0.5) is 8.78 Å². The number of ether oxygens (including phenoxy) is 2. The maximum Gasteiger partial charge on any atom is 0.314 e. The number of esters is 1. The zero-order chi connectivity index (χ0) is 21.5. The number of hydrogen-bond donors (Lipinski definition) is 0. The highest BCUT2D eigenvalue weighted by Crippen LogP contribution is 2.42. The van der Waals surface area contributed by atoms with Crippen LogP contribution in [-0.4, -0.2) is 5.97 Å². The first-order chi connectivity index (χ1) is 14.5. The first-order valence-electron chi connectivity index (χ1n) is 11.5. The molecule has 1 aromatic carbocycles. The summed E-state index contributed by atoms with van der Waals surface area (Å²) in [5.74, 6) is -1.27. The van der Waals surface area contributed by atoms with E-state index in [0.717, 1.165) is 37.5 Å². The molecule has 5 heteroatoms. The summed E-state index contributed by atoms with van der Waals surface area (Å²) < 4.78 is 38.6. The van der Waals surface area contributed by atoms with E-state index in [-0.39, 0.29) is 17.4 Å². The average Bonchev–Trinajstić information content (AvgIpc) is 2.77. The maximum atomic E-state index is 14.3. The molecule has 0 atom stereocenters. The van der Waals surface area contributed by atoms with Crippen molar-refractivity contribution in [3.8, 4) is 11.5 Å². The Labute approximate surface area is 178 Å². The molecule has 0 amide bonds. The van der Waals surface area contributed by atoms with Crippen LogP contribution in [0.3, 0.4) is 0 Å². The van der Waals surface area contributed by atoms with Gasteiger partial charge in [-0.15, -0.1) is 0 Å². The number of carbonyl (C=O) groups excluding carboxylic acids is 1. The maximum absolute atomic E-state index is 14.3. The second kappa shape index (κ2) is 10.9. The van der Waals surface area contributed by atoms with Crippen molar-refractivity contribution in [2.24, 2.45) is 23.7 Å². The van der Waals surface area contributed by atoms with Crippen LogP contribution >= 0.6 is 0 Å². The largest absolute Gasteiger partial charge is 0.462 e. The van der Waals surface area contributed by atoms with Gasteiger partial charge in [0.15, 0.2) is 11.5 Å². The SMILES string of the molecule is C/C=C/Oc1ccc(OC(=O)C2CCC(C3CCC(CCC)CC3)CC2)c(F)c1F. The van der Waals surface area contributed by atoms with Gasteiger partial charge in [0.05, 0.1) is 12.2 Å². The van der Waals surface area contributed by atoms with Gasteiger partial charge in [0, 0.05) is 0 Å². The van der Waals surface area contributed by atoms with Crippen LogP contribution in [0.5, 0.6) is 11.5 Å². The monoisotopic (exact) mass is 420 g/mol. The van der Waals surface area contributed by atoms with Crippen LogP contribution in [0.2, 0.25) is 0 Å². The third-order valence-corrected chi connectivity index (χ3v) is 6.91. The molecule has 30 heavy (non-hydrogen) atoms. The van der Waals surface area contributed by atoms with Crippen molar-refractivity contribution in [1.29, 1.82) is 0 Å². The topological polar surface area (TPSA) is 35.5 Å². The lowest BCUT2D eigenvalue weighted by Crippen LogP contribution is -2.30. The Morgan fingerprint density at radius 1 is 0.967 bits per heavy atom. The molecule has 2 aliphatic carbocycles. The van der Waals surface area contributed by atoms with Gasteiger partial charge in [-0.05, 0) is 75.3 Å². The molecule has 0 radical (unpaired) electrons. The molecule has 0 N–H and O–H groups in total. The van der Waals surface area contributed by atoms with Gasteiger partial charge >= 0.3 is 5.97 Å². The minimum atomic E-state index is -1.19. The molecule has 2 aliphatic rings. The third-order valence-electron chi connectivity index (χ3n) is 6.91. The highest BCUT2D eigenvalue weighted by atomic mass is 19.2. The molecular formula is C25H34F2O3. The summed E-state index contributed by atoms with van der Waals surface area (Å²) in [4.78, 5) is 12.5. The van der Waals surface area contributed by atoms with Crippen molar-refractivity contribution in [2.75, 3.05) is 0 Å². The first kappa shape index (κ1) is 22.8. The standard InChI is InChI=1S/C25H34F2O3/c1-3-5-17-6-8-18(9-7-17)19-10-12-20(13-11-19)25(28)30-22-15-14-21(29-16-4-2)23(26)24(22)27/h4,14-20H,3,5-13H2,1-2H3/b16-4+. The molecule has 2 fully saturated rings. The number of carbonyl (C=O) groups is 1. The Balaban J connectivity index is 1.49. The Kier molecular flexibility index (Phi) is 8.29. The van der Waals surface area contributed by atoms with Gasteiger partial charge in [-0.25, -0.2) is 0 Å². The summed E-state index contributed by atoms with van der Waals surface area (Å²) in [5, 5.41) is 0. The van der Waals surface area contributed by atoms with Crippen molar-refractivity contribution in [2.45, 2.75) is 78.1 Å². The molecule has 2 saturated carbocycles. The molecule has 0 spiro atoms. The lowest BCUT2D eigenvalue weighted by Gasteiger charge is -2.37. The fraction of sp³-hybridized carbons (Fsp3) is 0.640. The number of rotatable bonds is 7. The Hall–Kier alpha value is -1.91. The van der Waals surface area contributed by atoms with Crippen molar-refractivity contribution in [3.63, 3.8) is 0 Å². The molecule has 0 heterocycles. The Bertz CT molecular complexity index is 730. The molecule has 0 bridgehead atoms. The summed E-state index contributed by atoms with van der Waals surface area (Å²) in [5.41, 5.74) is 0. The lowest BCUT2D eigenvalue weighted by molar-refractivity contribution is -0.140. The zero-order valence-electron chi connectivity index (χ0n) is 18.2. The van der Waals surface area contributed by atoms with Crippen LogP contribution in [0.25, 0.3) is 0 Å².